The number of carbonyl (C=O) groups excluding carboxylic acids is 1. The fourth-order valence-electron chi connectivity index (χ4n) is 2.38. The third kappa shape index (κ3) is 4.52. The summed E-state index contributed by atoms with van der Waals surface area (Å²) in [5, 5.41) is 0. The molecule has 0 saturated carbocycles. The maximum atomic E-state index is 12.3. The summed E-state index contributed by atoms with van der Waals surface area (Å²) in [6.07, 6.45) is 4.10. The van der Waals surface area contributed by atoms with Crippen LogP contribution < -0.4 is 4.57 Å². The van der Waals surface area contributed by atoms with Crippen molar-refractivity contribution in [1.82, 2.24) is 4.98 Å². The molecule has 0 aliphatic rings. The van der Waals surface area contributed by atoms with E-state index in [2.05, 4.69) is 31.0 Å². The molecule has 4 heteroatoms. The summed E-state index contributed by atoms with van der Waals surface area (Å²) in [6, 6.07) is 6.15. The number of nitrogens with zero attached hydrogens (tertiary/aromatic N) is 2. The molecule has 0 spiro atoms. The second-order valence-electron chi connectivity index (χ2n) is 5.31. The quantitative estimate of drug-likeness (QED) is 0.787. The van der Waals surface area contributed by atoms with Crippen LogP contribution in [0.2, 0.25) is 0 Å². The Kier molecular flexibility index (Phi) is 6.82. The number of aryl methyl sites for hydroxylation is 3. The molecule has 1 aromatic carbocycles. The van der Waals surface area contributed by atoms with Crippen LogP contribution in [0.1, 0.15) is 28.1 Å². The molecule has 2 rings (SSSR count). The van der Waals surface area contributed by atoms with Crippen LogP contribution in [0.3, 0.4) is 0 Å². The fraction of sp³-hybridized carbons (Fsp3) is 0.353. The Morgan fingerprint density at radius 1 is 1.14 bits per heavy atom. The van der Waals surface area contributed by atoms with Gasteiger partial charge in [0.1, 0.15) is 5.69 Å². The van der Waals surface area contributed by atoms with Crippen molar-refractivity contribution in [2.45, 2.75) is 40.7 Å². The summed E-state index contributed by atoms with van der Waals surface area (Å²) >= 11 is 0. The van der Waals surface area contributed by atoms with Gasteiger partial charge >= 0.3 is 0 Å². The van der Waals surface area contributed by atoms with Crippen LogP contribution in [0.4, 0.5) is 0 Å². The van der Waals surface area contributed by atoms with Gasteiger partial charge in [0.2, 0.25) is 12.3 Å². The number of hydrogen-bond acceptors (Lipinski definition) is 2. The first-order valence-corrected chi connectivity index (χ1v) is 6.87. The molecule has 2 aromatic rings. The molecule has 0 amide bonds. The minimum Gasteiger partial charge on any atom is -0.292 e. The number of rotatable bonds is 4. The van der Waals surface area contributed by atoms with Crippen molar-refractivity contribution in [2.75, 3.05) is 0 Å². The molecule has 0 N–H and O–H groups in total. The van der Waals surface area contributed by atoms with Gasteiger partial charge in [0.25, 0.3) is 0 Å². The van der Waals surface area contributed by atoms with Crippen LogP contribution in [-0.2, 0) is 50.5 Å². The molecule has 1 radical (unpaired) electrons. The van der Waals surface area contributed by atoms with Gasteiger partial charge in [-0.25, -0.2) is 4.98 Å². The zero-order valence-electron chi connectivity index (χ0n) is 13.2. The topological polar surface area (TPSA) is 33.8 Å². The zero-order valence-corrected chi connectivity index (χ0v) is 16.0. The van der Waals surface area contributed by atoms with Crippen molar-refractivity contribution in [3.63, 3.8) is 0 Å². The van der Waals surface area contributed by atoms with Gasteiger partial charge in [-0.1, -0.05) is 18.2 Å². The van der Waals surface area contributed by atoms with E-state index < -0.39 is 0 Å². The molecule has 0 saturated heterocycles. The van der Waals surface area contributed by atoms with E-state index in [-0.39, 0.29) is 38.5 Å². The third-order valence-electron chi connectivity index (χ3n) is 3.83. The first-order chi connectivity index (χ1) is 9.49. The predicted molar refractivity (Wildman–Crippen MR) is 78.5 cm³/mol. The average Bonchev–Trinajstić information content (AvgIpc) is 2.39. The van der Waals surface area contributed by atoms with E-state index in [1.165, 1.54) is 11.1 Å². The second kappa shape index (κ2) is 7.91. The van der Waals surface area contributed by atoms with Crippen LogP contribution in [0.15, 0.2) is 30.6 Å². The van der Waals surface area contributed by atoms with Crippen molar-refractivity contribution in [1.29, 1.82) is 0 Å². The molecular formula is C17H21N2OY+. The molecule has 107 valence electrons. The Bertz CT molecular complexity index is 633. The van der Waals surface area contributed by atoms with Crippen molar-refractivity contribution in [3.8, 4) is 0 Å². The third-order valence-corrected chi connectivity index (χ3v) is 3.83. The van der Waals surface area contributed by atoms with E-state index in [1.54, 1.807) is 6.20 Å². The summed E-state index contributed by atoms with van der Waals surface area (Å²) < 4.78 is 1.97. The molecule has 0 bridgehead atoms. The predicted octanol–water partition coefficient (Wildman–Crippen LogP) is 2.41. The molecule has 0 fully saturated rings. The maximum absolute atomic E-state index is 12.3. The van der Waals surface area contributed by atoms with Crippen LogP contribution in [0.5, 0.6) is 0 Å². The molecule has 0 unspecified atom stereocenters. The number of benzene rings is 1. The molecule has 1 heterocycles. The molecule has 0 aliphatic carbocycles. The van der Waals surface area contributed by atoms with Gasteiger partial charge in [-0.3, -0.25) is 4.79 Å². The Hall–Kier alpha value is -0.926. The van der Waals surface area contributed by atoms with E-state index in [0.29, 0.717) is 13.0 Å². The standard InChI is InChI=1S/C17H21N2O.Y/c1-12-6-5-7-13(2)17(12)10-16(20)11-19-9-8-18-14(3)15(19)4;/h5-9H,10-11H2,1-4H3;/q+1;. The Balaban J connectivity index is 0.00000220. The van der Waals surface area contributed by atoms with E-state index >= 15 is 0 Å². The molecule has 3 nitrogen and oxygen atoms in total. The monoisotopic (exact) mass is 358 g/mol. The maximum Gasteiger partial charge on any atom is 0.207 e. The van der Waals surface area contributed by atoms with E-state index in [0.717, 1.165) is 17.0 Å². The van der Waals surface area contributed by atoms with Gasteiger partial charge in [0, 0.05) is 46.1 Å². The van der Waals surface area contributed by atoms with Crippen LogP contribution in [0, 0.1) is 27.7 Å². The first kappa shape index (κ1) is 18.1. The number of carbonyl (C=O) groups is 1. The van der Waals surface area contributed by atoms with Crippen molar-refractivity contribution in [2.24, 2.45) is 0 Å². The zero-order chi connectivity index (χ0) is 14.7. The second-order valence-corrected chi connectivity index (χ2v) is 5.31. The molecule has 21 heavy (non-hydrogen) atoms. The Labute approximate surface area is 151 Å². The fourth-order valence-corrected chi connectivity index (χ4v) is 2.38. The van der Waals surface area contributed by atoms with Crippen LogP contribution in [0.25, 0.3) is 0 Å². The van der Waals surface area contributed by atoms with E-state index in [9.17, 15) is 4.79 Å². The van der Waals surface area contributed by atoms with Gasteiger partial charge < -0.3 is 0 Å². The number of Topliss-reactive ketones (excluding diaryl/α,β-unsaturated/α-hetero) is 1. The summed E-state index contributed by atoms with van der Waals surface area (Å²) in [5.74, 6) is 0.223. The summed E-state index contributed by atoms with van der Waals surface area (Å²) in [6.45, 7) is 8.48. The van der Waals surface area contributed by atoms with Crippen molar-refractivity contribution >= 4 is 5.78 Å². The SMILES string of the molecule is Cc1cccc(C)c1CC(=O)C[n+]1ccnc(C)c1C.[Y]. The number of hydrogen-bond donors (Lipinski definition) is 0. The smallest absolute Gasteiger partial charge is 0.207 e. The molecule has 0 aliphatic heterocycles. The van der Waals surface area contributed by atoms with Crippen molar-refractivity contribution in [3.05, 3.63) is 58.7 Å². The van der Waals surface area contributed by atoms with E-state index in [4.69, 9.17) is 0 Å². The molecule has 0 atom stereocenters. The van der Waals surface area contributed by atoms with Crippen LogP contribution in [-0.4, -0.2) is 10.8 Å². The van der Waals surface area contributed by atoms with Gasteiger partial charge in [-0.05, 0) is 37.5 Å². The number of aromatic nitrogens is 2. The van der Waals surface area contributed by atoms with Crippen molar-refractivity contribution < 1.29 is 42.1 Å². The minimum absolute atomic E-state index is 0. The molecule has 1 aromatic heterocycles. The normalized spacial score (nSPS) is 10.1. The van der Waals surface area contributed by atoms with Gasteiger partial charge in [-0.15, -0.1) is 0 Å². The van der Waals surface area contributed by atoms with Crippen LogP contribution >= 0.6 is 0 Å². The minimum atomic E-state index is 0. The van der Waals surface area contributed by atoms with Gasteiger partial charge in [0.05, 0.1) is 6.20 Å². The summed E-state index contributed by atoms with van der Waals surface area (Å²) in [4.78, 5) is 16.5. The average molecular weight is 358 g/mol. The Morgan fingerprint density at radius 3 is 2.38 bits per heavy atom. The van der Waals surface area contributed by atoms with E-state index in [1.807, 2.05) is 30.7 Å². The molecular weight excluding hydrogens is 337 g/mol. The largest absolute Gasteiger partial charge is 0.292 e. The summed E-state index contributed by atoms with van der Waals surface area (Å²) in [5.41, 5.74) is 5.54. The first-order valence-electron chi connectivity index (χ1n) is 6.87. The van der Waals surface area contributed by atoms with Gasteiger partial charge in [-0.2, -0.15) is 4.57 Å². The Morgan fingerprint density at radius 2 is 1.76 bits per heavy atom. The summed E-state index contributed by atoms with van der Waals surface area (Å²) in [7, 11) is 0. The number of ketones is 1. The van der Waals surface area contributed by atoms with Gasteiger partial charge in [0.15, 0.2) is 11.9 Å².